The predicted molar refractivity (Wildman–Crippen MR) is 101 cm³/mol. The summed E-state index contributed by atoms with van der Waals surface area (Å²) in [5.74, 6) is 0.124. The van der Waals surface area contributed by atoms with Gasteiger partial charge in [-0.2, -0.15) is 0 Å². The summed E-state index contributed by atoms with van der Waals surface area (Å²) in [6.45, 7) is 10.5. The summed E-state index contributed by atoms with van der Waals surface area (Å²) < 4.78 is 0. The quantitative estimate of drug-likeness (QED) is 0.580. The maximum atomic E-state index is 12.8. The molecule has 1 unspecified atom stereocenters. The van der Waals surface area contributed by atoms with E-state index < -0.39 is 0 Å². The Bertz CT molecular complexity index is 693. The van der Waals surface area contributed by atoms with Gasteiger partial charge in [-0.25, -0.2) is 0 Å². The Kier molecular flexibility index (Phi) is 6.40. The topological polar surface area (TPSA) is 58.9 Å². The first-order chi connectivity index (χ1) is 11.9. The minimum Gasteiger partial charge on any atom is -0.511 e. The fourth-order valence-corrected chi connectivity index (χ4v) is 3.86. The van der Waals surface area contributed by atoms with Crippen LogP contribution in [0, 0.1) is 20.8 Å². The molecule has 1 atom stereocenters. The number of oxime groups is 1. The Labute approximate surface area is 150 Å². The van der Waals surface area contributed by atoms with Crippen LogP contribution in [0.15, 0.2) is 28.6 Å². The van der Waals surface area contributed by atoms with Crippen molar-refractivity contribution in [3.8, 4) is 0 Å². The van der Waals surface area contributed by atoms with Gasteiger partial charge >= 0.3 is 0 Å². The number of Topliss-reactive ketones (excluding diaryl/α,β-unsaturated/α-hetero) is 1. The van der Waals surface area contributed by atoms with E-state index in [0.29, 0.717) is 37.2 Å². The molecule has 1 aliphatic carbocycles. The van der Waals surface area contributed by atoms with Crippen LogP contribution in [0.1, 0.15) is 67.7 Å². The summed E-state index contributed by atoms with van der Waals surface area (Å²) in [5.41, 5.74) is 5.71. The smallest absolute Gasteiger partial charge is 0.168 e. The fraction of sp³-hybridized carbons (Fsp3) is 0.524. The van der Waals surface area contributed by atoms with Crippen molar-refractivity contribution in [2.24, 2.45) is 5.16 Å². The van der Waals surface area contributed by atoms with Crippen LogP contribution in [-0.2, 0) is 9.63 Å². The molecular weight excluding hydrogens is 314 g/mol. The number of carbonyl (C=O) groups is 1. The van der Waals surface area contributed by atoms with Gasteiger partial charge in [-0.1, -0.05) is 36.2 Å². The van der Waals surface area contributed by atoms with Gasteiger partial charge in [0, 0.05) is 12.8 Å². The van der Waals surface area contributed by atoms with E-state index in [1.165, 1.54) is 22.3 Å². The molecule has 0 radical (unpaired) electrons. The summed E-state index contributed by atoms with van der Waals surface area (Å²) in [6, 6.07) is 4.28. The molecule has 0 saturated heterocycles. The zero-order valence-corrected chi connectivity index (χ0v) is 16.0. The SMILES string of the molecule is CCC/C(=N\OCC)C1=C(O)CC(c2c(C)cc(C)cc2C)CC1=O. The van der Waals surface area contributed by atoms with E-state index in [9.17, 15) is 9.90 Å². The first-order valence-corrected chi connectivity index (χ1v) is 9.11. The highest BCUT2D eigenvalue weighted by Crippen LogP contribution is 2.37. The second-order valence-corrected chi connectivity index (χ2v) is 6.87. The first-order valence-electron chi connectivity index (χ1n) is 9.11. The lowest BCUT2D eigenvalue weighted by Gasteiger charge is -2.27. The number of nitrogens with zero attached hydrogens (tertiary/aromatic N) is 1. The Morgan fingerprint density at radius 1 is 1.20 bits per heavy atom. The molecule has 0 saturated carbocycles. The third-order valence-electron chi connectivity index (χ3n) is 4.66. The van der Waals surface area contributed by atoms with Crippen molar-refractivity contribution in [1.29, 1.82) is 0 Å². The average molecular weight is 343 g/mol. The average Bonchev–Trinajstić information content (AvgIpc) is 2.51. The summed E-state index contributed by atoms with van der Waals surface area (Å²) in [4.78, 5) is 18.0. The second kappa shape index (κ2) is 8.32. The number of allylic oxidation sites excluding steroid dienone is 2. The van der Waals surface area contributed by atoms with Crippen LogP contribution >= 0.6 is 0 Å². The molecule has 1 aliphatic rings. The molecule has 0 amide bonds. The molecule has 0 aliphatic heterocycles. The van der Waals surface area contributed by atoms with E-state index in [1.807, 2.05) is 13.8 Å². The highest BCUT2D eigenvalue weighted by molar-refractivity contribution is 6.23. The lowest BCUT2D eigenvalue weighted by molar-refractivity contribution is -0.116. The van der Waals surface area contributed by atoms with Crippen molar-refractivity contribution in [3.63, 3.8) is 0 Å². The molecular formula is C21H29NO3. The van der Waals surface area contributed by atoms with Gasteiger partial charge in [-0.15, -0.1) is 0 Å². The molecule has 4 nitrogen and oxygen atoms in total. The number of benzene rings is 1. The van der Waals surface area contributed by atoms with Crippen LogP contribution in [-0.4, -0.2) is 23.2 Å². The molecule has 1 aromatic rings. The van der Waals surface area contributed by atoms with Gasteiger partial charge in [0.15, 0.2) is 5.78 Å². The van der Waals surface area contributed by atoms with Crippen LogP contribution in [0.4, 0.5) is 0 Å². The Balaban J connectivity index is 2.38. The van der Waals surface area contributed by atoms with E-state index >= 15 is 0 Å². The van der Waals surface area contributed by atoms with E-state index in [-0.39, 0.29) is 17.5 Å². The molecule has 25 heavy (non-hydrogen) atoms. The predicted octanol–water partition coefficient (Wildman–Crippen LogP) is 5.06. The zero-order chi connectivity index (χ0) is 18.6. The number of aliphatic hydroxyl groups is 1. The van der Waals surface area contributed by atoms with E-state index in [1.54, 1.807) is 0 Å². The van der Waals surface area contributed by atoms with Crippen molar-refractivity contribution in [2.75, 3.05) is 6.61 Å². The molecule has 0 spiro atoms. The lowest BCUT2D eigenvalue weighted by atomic mass is 9.77. The summed E-state index contributed by atoms with van der Waals surface area (Å²) in [7, 11) is 0. The highest BCUT2D eigenvalue weighted by Gasteiger charge is 2.32. The van der Waals surface area contributed by atoms with Crippen LogP contribution in [0.5, 0.6) is 0 Å². The normalized spacial score (nSPS) is 18.7. The van der Waals surface area contributed by atoms with Gasteiger partial charge in [0.1, 0.15) is 12.4 Å². The molecule has 0 aromatic heterocycles. The number of carbonyl (C=O) groups excluding carboxylic acids is 1. The largest absolute Gasteiger partial charge is 0.511 e. The van der Waals surface area contributed by atoms with Gasteiger partial charge in [0.2, 0.25) is 0 Å². The minimum atomic E-state index is -0.0416. The third kappa shape index (κ3) is 4.30. The summed E-state index contributed by atoms with van der Waals surface area (Å²) in [5, 5.41) is 14.7. The monoisotopic (exact) mass is 343 g/mol. The minimum absolute atomic E-state index is 0.0202. The van der Waals surface area contributed by atoms with Crippen molar-refractivity contribution in [2.45, 2.75) is 66.2 Å². The zero-order valence-electron chi connectivity index (χ0n) is 16.0. The number of ketones is 1. The molecule has 1 N–H and O–H groups in total. The van der Waals surface area contributed by atoms with Crippen molar-refractivity contribution in [3.05, 3.63) is 45.7 Å². The van der Waals surface area contributed by atoms with Gasteiger partial charge in [-0.05, 0) is 56.7 Å². The highest BCUT2D eigenvalue weighted by atomic mass is 16.6. The maximum absolute atomic E-state index is 12.8. The summed E-state index contributed by atoms with van der Waals surface area (Å²) >= 11 is 0. The number of aryl methyl sites for hydroxylation is 3. The van der Waals surface area contributed by atoms with Crippen molar-refractivity contribution >= 4 is 11.5 Å². The maximum Gasteiger partial charge on any atom is 0.168 e. The fourth-order valence-electron chi connectivity index (χ4n) is 3.86. The molecule has 1 aromatic carbocycles. The van der Waals surface area contributed by atoms with Gasteiger partial charge < -0.3 is 9.94 Å². The number of aliphatic hydroxyl groups excluding tert-OH is 1. The number of hydrogen-bond donors (Lipinski definition) is 1. The van der Waals surface area contributed by atoms with Crippen LogP contribution in [0.3, 0.4) is 0 Å². The molecule has 0 bridgehead atoms. The molecule has 136 valence electrons. The van der Waals surface area contributed by atoms with E-state index in [4.69, 9.17) is 4.84 Å². The molecule has 0 heterocycles. The molecule has 2 rings (SSSR count). The number of hydrogen-bond acceptors (Lipinski definition) is 4. The van der Waals surface area contributed by atoms with Gasteiger partial charge in [0.25, 0.3) is 0 Å². The first kappa shape index (κ1) is 19.2. The van der Waals surface area contributed by atoms with Crippen LogP contribution < -0.4 is 0 Å². The van der Waals surface area contributed by atoms with E-state index in [2.05, 4.69) is 38.1 Å². The third-order valence-corrected chi connectivity index (χ3v) is 4.66. The Morgan fingerprint density at radius 2 is 1.84 bits per heavy atom. The standard InChI is InChI=1S/C21H29NO3/c1-6-8-17(22-25-7-2)21-18(23)11-16(12-19(21)24)20-14(4)9-13(3)10-15(20)5/h9-10,16,23H,6-8,11-12H2,1-5H3/b22-17+. The Morgan fingerprint density at radius 3 is 2.36 bits per heavy atom. The van der Waals surface area contributed by atoms with Crippen molar-refractivity contribution < 1.29 is 14.7 Å². The van der Waals surface area contributed by atoms with Gasteiger partial charge in [-0.3, -0.25) is 4.79 Å². The van der Waals surface area contributed by atoms with Gasteiger partial charge in [0.05, 0.1) is 11.3 Å². The Hall–Kier alpha value is -2.10. The van der Waals surface area contributed by atoms with E-state index in [0.717, 1.165) is 6.42 Å². The van der Waals surface area contributed by atoms with Crippen LogP contribution in [0.2, 0.25) is 0 Å². The second-order valence-electron chi connectivity index (χ2n) is 6.87. The van der Waals surface area contributed by atoms with Crippen molar-refractivity contribution in [1.82, 2.24) is 0 Å². The lowest BCUT2D eigenvalue weighted by Crippen LogP contribution is -2.24. The number of rotatable bonds is 6. The summed E-state index contributed by atoms with van der Waals surface area (Å²) in [6.07, 6.45) is 2.34. The molecule has 4 heteroatoms. The molecule has 0 fully saturated rings. The van der Waals surface area contributed by atoms with Crippen LogP contribution in [0.25, 0.3) is 0 Å².